The van der Waals surface area contributed by atoms with Crippen molar-refractivity contribution in [1.82, 2.24) is 15.2 Å². The fourth-order valence-corrected chi connectivity index (χ4v) is 3.36. The van der Waals surface area contributed by atoms with Crippen molar-refractivity contribution in [1.29, 1.82) is 0 Å². The van der Waals surface area contributed by atoms with Crippen LogP contribution < -0.4 is 5.32 Å². The van der Waals surface area contributed by atoms with Crippen molar-refractivity contribution in [3.63, 3.8) is 0 Å². The summed E-state index contributed by atoms with van der Waals surface area (Å²) in [5.41, 5.74) is 1.56. The van der Waals surface area contributed by atoms with Crippen LogP contribution in [-0.2, 0) is 4.79 Å². The number of hydrogen-bond acceptors (Lipinski definition) is 2. The van der Waals surface area contributed by atoms with Gasteiger partial charge in [0.15, 0.2) is 0 Å². The number of benzene rings is 1. The molecule has 134 valence electrons. The summed E-state index contributed by atoms with van der Waals surface area (Å²) in [4.78, 5) is 30.2. The molecule has 2 aromatic rings. The van der Waals surface area contributed by atoms with Crippen molar-refractivity contribution in [2.75, 3.05) is 19.6 Å². The van der Waals surface area contributed by atoms with Crippen molar-refractivity contribution in [3.8, 4) is 0 Å². The van der Waals surface area contributed by atoms with Crippen LogP contribution in [0.15, 0.2) is 30.3 Å². The Morgan fingerprint density at radius 3 is 2.88 bits per heavy atom. The Kier molecular flexibility index (Phi) is 5.41. The molecule has 1 fully saturated rings. The van der Waals surface area contributed by atoms with Gasteiger partial charge in [-0.15, -0.1) is 0 Å². The maximum atomic E-state index is 12.8. The first kappa shape index (κ1) is 17.5. The molecule has 5 heteroatoms. The van der Waals surface area contributed by atoms with Crippen LogP contribution >= 0.6 is 0 Å². The summed E-state index contributed by atoms with van der Waals surface area (Å²) in [6, 6.07) is 9.76. The number of aromatic amines is 1. The van der Waals surface area contributed by atoms with Crippen LogP contribution in [0.2, 0.25) is 0 Å². The molecule has 0 unspecified atom stereocenters. The number of carbonyl (C=O) groups excluding carboxylic acids is 2. The van der Waals surface area contributed by atoms with E-state index in [4.69, 9.17) is 0 Å². The minimum atomic E-state index is -0.103. The van der Waals surface area contributed by atoms with Crippen molar-refractivity contribution in [2.24, 2.45) is 11.8 Å². The molecule has 1 aromatic carbocycles. The average Bonchev–Trinajstić information content (AvgIpc) is 3.05. The maximum Gasteiger partial charge on any atom is 0.270 e. The van der Waals surface area contributed by atoms with E-state index in [2.05, 4.69) is 24.1 Å². The smallest absolute Gasteiger partial charge is 0.270 e. The molecule has 5 nitrogen and oxygen atoms in total. The highest BCUT2D eigenvalue weighted by Crippen LogP contribution is 2.21. The Hall–Kier alpha value is -2.30. The van der Waals surface area contributed by atoms with Gasteiger partial charge < -0.3 is 15.2 Å². The second kappa shape index (κ2) is 7.72. The number of likely N-dealkylation sites (tertiary alicyclic amines) is 1. The van der Waals surface area contributed by atoms with E-state index in [1.807, 2.05) is 30.3 Å². The number of nitrogens with one attached hydrogen (secondary N) is 2. The minimum Gasteiger partial charge on any atom is -0.356 e. The van der Waals surface area contributed by atoms with Crippen molar-refractivity contribution < 1.29 is 9.59 Å². The van der Waals surface area contributed by atoms with Gasteiger partial charge in [0.25, 0.3) is 5.91 Å². The molecule has 1 aliphatic heterocycles. The van der Waals surface area contributed by atoms with Crippen LogP contribution in [0.25, 0.3) is 10.9 Å². The van der Waals surface area contributed by atoms with Crippen LogP contribution in [0.5, 0.6) is 0 Å². The molecule has 2 amide bonds. The van der Waals surface area contributed by atoms with Gasteiger partial charge in [-0.3, -0.25) is 9.59 Å². The van der Waals surface area contributed by atoms with Gasteiger partial charge in [0.2, 0.25) is 5.91 Å². The molecule has 1 aromatic heterocycles. The van der Waals surface area contributed by atoms with Crippen LogP contribution in [-0.4, -0.2) is 41.3 Å². The fourth-order valence-electron chi connectivity index (χ4n) is 3.36. The Morgan fingerprint density at radius 1 is 1.32 bits per heavy atom. The molecule has 0 aliphatic carbocycles. The monoisotopic (exact) mass is 341 g/mol. The van der Waals surface area contributed by atoms with Crippen LogP contribution in [0.4, 0.5) is 0 Å². The molecule has 3 rings (SSSR count). The van der Waals surface area contributed by atoms with Gasteiger partial charge >= 0.3 is 0 Å². The lowest BCUT2D eigenvalue weighted by Crippen LogP contribution is -2.45. The lowest BCUT2D eigenvalue weighted by Gasteiger charge is -2.31. The summed E-state index contributed by atoms with van der Waals surface area (Å²) in [5, 5.41) is 4.05. The normalized spacial score (nSPS) is 17.9. The zero-order chi connectivity index (χ0) is 17.8. The number of carbonyl (C=O) groups is 2. The molecule has 2 heterocycles. The van der Waals surface area contributed by atoms with Gasteiger partial charge in [-0.1, -0.05) is 32.0 Å². The van der Waals surface area contributed by atoms with E-state index >= 15 is 0 Å². The Bertz CT molecular complexity index is 717. The van der Waals surface area contributed by atoms with E-state index in [0.717, 1.165) is 30.2 Å². The first-order valence-corrected chi connectivity index (χ1v) is 9.19. The van der Waals surface area contributed by atoms with E-state index in [0.29, 0.717) is 31.2 Å². The van der Waals surface area contributed by atoms with Gasteiger partial charge in [0.1, 0.15) is 5.69 Å². The molecule has 1 aliphatic rings. The Morgan fingerprint density at radius 2 is 2.12 bits per heavy atom. The highest BCUT2D eigenvalue weighted by molar-refractivity contribution is 5.98. The number of amides is 2. The summed E-state index contributed by atoms with van der Waals surface area (Å²) in [6.07, 6.45) is 2.70. The van der Waals surface area contributed by atoms with E-state index in [-0.39, 0.29) is 17.7 Å². The maximum absolute atomic E-state index is 12.8. The molecule has 25 heavy (non-hydrogen) atoms. The third-order valence-electron chi connectivity index (χ3n) is 4.86. The SMILES string of the molecule is CC(C)CCNC(=O)[C@H]1CCCN(C(=O)c2cc3ccccc3[nH]2)C1. The third kappa shape index (κ3) is 4.21. The topological polar surface area (TPSA) is 65.2 Å². The first-order valence-electron chi connectivity index (χ1n) is 9.19. The number of piperidine rings is 1. The quantitative estimate of drug-likeness (QED) is 0.877. The molecule has 2 N–H and O–H groups in total. The zero-order valence-electron chi connectivity index (χ0n) is 15.0. The lowest BCUT2D eigenvalue weighted by atomic mass is 9.96. The highest BCUT2D eigenvalue weighted by atomic mass is 16.2. The predicted octanol–water partition coefficient (Wildman–Crippen LogP) is 3.18. The summed E-state index contributed by atoms with van der Waals surface area (Å²) in [6.45, 7) is 6.22. The first-order chi connectivity index (χ1) is 12.0. The summed E-state index contributed by atoms with van der Waals surface area (Å²) >= 11 is 0. The van der Waals surface area contributed by atoms with E-state index < -0.39 is 0 Å². The van der Waals surface area contributed by atoms with E-state index in [1.165, 1.54) is 0 Å². The molecule has 0 radical (unpaired) electrons. The van der Waals surface area contributed by atoms with Gasteiger partial charge in [-0.2, -0.15) is 0 Å². The van der Waals surface area contributed by atoms with Gasteiger partial charge in [0, 0.05) is 30.5 Å². The number of hydrogen-bond donors (Lipinski definition) is 2. The Labute approximate surface area is 148 Å². The summed E-state index contributed by atoms with van der Waals surface area (Å²) in [5.74, 6) is 0.534. The minimum absolute atomic E-state index is 0.0177. The highest BCUT2D eigenvalue weighted by Gasteiger charge is 2.29. The summed E-state index contributed by atoms with van der Waals surface area (Å²) in [7, 11) is 0. The predicted molar refractivity (Wildman–Crippen MR) is 99.4 cm³/mol. The zero-order valence-corrected chi connectivity index (χ0v) is 15.0. The van der Waals surface area contributed by atoms with Crippen LogP contribution in [0.3, 0.4) is 0 Å². The number of para-hydroxylation sites is 1. The lowest BCUT2D eigenvalue weighted by molar-refractivity contribution is -0.126. The molecule has 1 saturated heterocycles. The number of aromatic nitrogens is 1. The molecule has 0 saturated carbocycles. The molecular formula is C20H27N3O2. The van der Waals surface area contributed by atoms with Crippen LogP contribution in [0.1, 0.15) is 43.6 Å². The van der Waals surface area contributed by atoms with Crippen molar-refractivity contribution in [2.45, 2.75) is 33.1 Å². The van der Waals surface area contributed by atoms with E-state index in [9.17, 15) is 9.59 Å². The van der Waals surface area contributed by atoms with Crippen LogP contribution in [0, 0.1) is 11.8 Å². The van der Waals surface area contributed by atoms with Gasteiger partial charge in [-0.25, -0.2) is 0 Å². The molecule has 0 spiro atoms. The van der Waals surface area contributed by atoms with Crippen molar-refractivity contribution >= 4 is 22.7 Å². The molecule has 0 bridgehead atoms. The number of rotatable bonds is 5. The van der Waals surface area contributed by atoms with E-state index in [1.54, 1.807) is 4.90 Å². The molecular weight excluding hydrogens is 314 g/mol. The number of fused-ring (bicyclic) bond motifs is 1. The summed E-state index contributed by atoms with van der Waals surface area (Å²) < 4.78 is 0. The van der Waals surface area contributed by atoms with Gasteiger partial charge in [0.05, 0.1) is 5.92 Å². The second-order valence-corrected chi connectivity index (χ2v) is 7.33. The number of H-pyrrole nitrogens is 1. The Balaban J connectivity index is 1.62. The van der Waals surface area contributed by atoms with Crippen molar-refractivity contribution in [3.05, 3.63) is 36.0 Å². The van der Waals surface area contributed by atoms with Gasteiger partial charge in [-0.05, 0) is 37.3 Å². The fraction of sp³-hybridized carbons (Fsp3) is 0.500. The second-order valence-electron chi connectivity index (χ2n) is 7.33. The number of nitrogens with zero attached hydrogens (tertiary/aromatic N) is 1. The standard InChI is InChI=1S/C20H27N3O2/c1-14(2)9-10-21-19(24)16-7-5-11-23(13-16)20(25)18-12-15-6-3-4-8-17(15)22-18/h3-4,6,8,12,14,16,22H,5,7,9-11,13H2,1-2H3,(H,21,24)/t16-/m0/s1. The molecule has 1 atom stereocenters. The largest absolute Gasteiger partial charge is 0.356 e. The average molecular weight is 341 g/mol. The third-order valence-corrected chi connectivity index (χ3v) is 4.86.